The molecule has 0 unspecified atom stereocenters. The molecule has 7 heteroatoms. The van der Waals surface area contributed by atoms with Gasteiger partial charge in [-0.05, 0) is 40.6 Å². The van der Waals surface area contributed by atoms with Crippen molar-refractivity contribution in [2.24, 2.45) is 0 Å². The van der Waals surface area contributed by atoms with E-state index in [1.807, 2.05) is 10.8 Å². The average molecular weight is 300 g/mol. The van der Waals surface area contributed by atoms with Crippen LogP contribution in [0.4, 0.5) is 24.5 Å². The molecule has 1 aromatic carbocycles. The number of rotatable bonds is 3. The van der Waals surface area contributed by atoms with Crippen molar-refractivity contribution < 1.29 is 18.0 Å². The number of halogens is 3. The van der Waals surface area contributed by atoms with Crippen LogP contribution in [-0.4, -0.2) is 5.91 Å². The van der Waals surface area contributed by atoms with Gasteiger partial charge in [0.15, 0.2) is 0 Å². The van der Waals surface area contributed by atoms with Gasteiger partial charge in [-0.3, -0.25) is 4.79 Å². The molecule has 3 nitrogen and oxygen atoms in total. The first-order valence-electron chi connectivity index (χ1n) is 5.64. The van der Waals surface area contributed by atoms with Crippen LogP contribution in [-0.2, 0) is 17.4 Å². The highest BCUT2D eigenvalue weighted by Crippen LogP contribution is 2.32. The highest BCUT2D eigenvalue weighted by molar-refractivity contribution is 7.08. The average Bonchev–Trinajstić information content (AvgIpc) is 2.83. The fourth-order valence-corrected chi connectivity index (χ4v) is 2.29. The summed E-state index contributed by atoms with van der Waals surface area (Å²) in [6.45, 7) is 0. The summed E-state index contributed by atoms with van der Waals surface area (Å²) in [6, 6.07) is 4.65. The van der Waals surface area contributed by atoms with Crippen molar-refractivity contribution in [3.05, 3.63) is 46.2 Å². The summed E-state index contributed by atoms with van der Waals surface area (Å²) in [5.41, 5.74) is 5.60. The third kappa shape index (κ3) is 3.51. The van der Waals surface area contributed by atoms with Crippen LogP contribution in [0, 0.1) is 0 Å². The summed E-state index contributed by atoms with van der Waals surface area (Å²) in [5, 5.41) is 6.17. The van der Waals surface area contributed by atoms with Gasteiger partial charge in [0.1, 0.15) is 0 Å². The van der Waals surface area contributed by atoms with Crippen LogP contribution in [0.2, 0.25) is 0 Å². The van der Waals surface area contributed by atoms with Crippen molar-refractivity contribution >= 4 is 28.6 Å². The van der Waals surface area contributed by atoms with Crippen LogP contribution in [0.15, 0.2) is 35.0 Å². The molecule has 106 valence electrons. The SMILES string of the molecule is Nc1cc(C(F)(F)F)ccc1NC(=O)Cc1ccsc1. The Morgan fingerprint density at radius 2 is 2.05 bits per heavy atom. The van der Waals surface area contributed by atoms with Crippen LogP contribution >= 0.6 is 11.3 Å². The summed E-state index contributed by atoms with van der Waals surface area (Å²) in [4.78, 5) is 11.7. The second kappa shape index (κ2) is 5.54. The van der Waals surface area contributed by atoms with E-state index in [9.17, 15) is 18.0 Å². The van der Waals surface area contributed by atoms with Crippen LogP contribution < -0.4 is 11.1 Å². The third-order valence-electron chi connectivity index (χ3n) is 2.60. The number of amides is 1. The molecule has 0 spiro atoms. The van der Waals surface area contributed by atoms with Gasteiger partial charge < -0.3 is 11.1 Å². The lowest BCUT2D eigenvalue weighted by molar-refractivity contribution is -0.137. The van der Waals surface area contributed by atoms with E-state index in [0.717, 1.165) is 23.8 Å². The number of nitrogens with two attached hydrogens (primary N) is 1. The molecular weight excluding hydrogens is 289 g/mol. The summed E-state index contributed by atoms with van der Waals surface area (Å²) in [5.74, 6) is -0.324. The van der Waals surface area contributed by atoms with Gasteiger partial charge in [0, 0.05) is 0 Å². The number of carbonyl (C=O) groups is 1. The van der Waals surface area contributed by atoms with E-state index >= 15 is 0 Å². The van der Waals surface area contributed by atoms with Crippen molar-refractivity contribution in [2.45, 2.75) is 12.6 Å². The number of alkyl halides is 3. The molecule has 1 aromatic heterocycles. The van der Waals surface area contributed by atoms with E-state index in [1.165, 1.54) is 11.3 Å². The summed E-state index contributed by atoms with van der Waals surface area (Å²) >= 11 is 1.47. The van der Waals surface area contributed by atoms with Crippen LogP contribution in [0.3, 0.4) is 0 Å². The lowest BCUT2D eigenvalue weighted by Crippen LogP contribution is -2.15. The molecule has 0 aliphatic heterocycles. The predicted octanol–water partition coefficient (Wildman–Crippen LogP) is 3.53. The number of carbonyl (C=O) groups excluding carboxylic acids is 1. The van der Waals surface area contributed by atoms with Crippen LogP contribution in [0.1, 0.15) is 11.1 Å². The summed E-state index contributed by atoms with van der Waals surface area (Å²) in [7, 11) is 0. The number of nitrogens with one attached hydrogen (secondary N) is 1. The van der Waals surface area contributed by atoms with Crippen molar-refractivity contribution in [3.63, 3.8) is 0 Å². The molecule has 0 radical (unpaired) electrons. The summed E-state index contributed by atoms with van der Waals surface area (Å²) in [6.07, 6.45) is -4.29. The number of benzene rings is 1. The van der Waals surface area contributed by atoms with E-state index in [2.05, 4.69) is 5.32 Å². The second-order valence-electron chi connectivity index (χ2n) is 4.16. The second-order valence-corrected chi connectivity index (χ2v) is 4.94. The Bertz CT molecular complexity index is 609. The normalized spacial score (nSPS) is 11.3. The zero-order valence-electron chi connectivity index (χ0n) is 10.2. The molecule has 3 N–H and O–H groups in total. The van der Waals surface area contributed by atoms with E-state index in [0.29, 0.717) is 0 Å². The molecule has 0 aliphatic rings. The molecule has 0 aliphatic carbocycles. The predicted molar refractivity (Wildman–Crippen MR) is 72.5 cm³/mol. The minimum Gasteiger partial charge on any atom is -0.397 e. The Morgan fingerprint density at radius 1 is 1.30 bits per heavy atom. The third-order valence-corrected chi connectivity index (χ3v) is 3.33. The van der Waals surface area contributed by atoms with Gasteiger partial charge in [-0.15, -0.1) is 0 Å². The highest BCUT2D eigenvalue weighted by atomic mass is 32.1. The zero-order chi connectivity index (χ0) is 14.8. The molecule has 20 heavy (non-hydrogen) atoms. The van der Waals surface area contributed by atoms with Gasteiger partial charge in [0.2, 0.25) is 5.91 Å². The first-order chi connectivity index (χ1) is 9.36. The monoisotopic (exact) mass is 300 g/mol. The maximum absolute atomic E-state index is 12.5. The van der Waals surface area contributed by atoms with Gasteiger partial charge in [-0.2, -0.15) is 24.5 Å². The lowest BCUT2D eigenvalue weighted by atomic mass is 10.1. The molecule has 0 bridgehead atoms. The van der Waals surface area contributed by atoms with Crippen molar-refractivity contribution in [2.75, 3.05) is 11.1 Å². The smallest absolute Gasteiger partial charge is 0.397 e. The quantitative estimate of drug-likeness (QED) is 0.852. The minimum atomic E-state index is -4.45. The van der Waals surface area contributed by atoms with Crippen LogP contribution in [0.25, 0.3) is 0 Å². The van der Waals surface area contributed by atoms with E-state index in [-0.39, 0.29) is 23.7 Å². The van der Waals surface area contributed by atoms with Gasteiger partial charge >= 0.3 is 6.18 Å². The molecule has 1 amide bonds. The largest absolute Gasteiger partial charge is 0.416 e. The van der Waals surface area contributed by atoms with E-state index < -0.39 is 11.7 Å². The number of thiophene rings is 1. The maximum Gasteiger partial charge on any atom is 0.416 e. The first kappa shape index (κ1) is 14.4. The molecule has 0 saturated heterocycles. The highest BCUT2D eigenvalue weighted by Gasteiger charge is 2.30. The Morgan fingerprint density at radius 3 is 2.60 bits per heavy atom. The van der Waals surface area contributed by atoms with Gasteiger partial charge in [0.05, 0.1) is 23.4 Å². The number of hydrogen-bond acceptors (Lipinski definition) is 3. The van der Waals surface area contributed by atoms with Crippen molar-refractivity contribution in [1.29, 1.82) is 0 Å². The Kier molecular flexibility index (Phi) is 3.99. The summed E-state index contributed by atoms with van der Waals surface area (Å²) < 4.78 is 37.4. The molecule has 0 fully saturated rings. The first-order valence-corrected chi connectivity index (χ1v) is 6.58. The Hall–Kier alpha value is -2.02. The van der Waals surface area contributed by atoms with Crippen molar-refractivity contribution in [3.8, 4) is 0 Å². The maximum atomic E-state index is 12.5. The van der Waals surface area contributed by atoms with Gasteiger partial charge in [0.25, 0.3) is 0 Å². The lowest BCUT2D eigenvalue weighted by Gasteiger charge is -2.11. The van der Waals surface area contributed by atoms with Crippen molar-refractivity contribution in [1.82, 2.24) is 0 Å². The number of hydrogen-bond donors (Lipinski definition) is 2. The standard InChI is InChI=1S/C13H11F3N2OS/c14-13(15,16)9-1-2-11(10(17)6-9)18-12(19)5-8-3-4-20-7-8/h1-4,6-7H,5,17H2,(H,18,19). The minimum absolute atomic E-state index is 0.113. The van der Waals surface area contributed by atoms with Crippen LogP contribution in [0.5, 0.6) is 0 Å². The molecule has 2 aromatic rings. The number of anilines is 2. The molecule has 1 heterocycles. The molecule has 2 rings (SSSR count). The van der Waals surface area contributed by atoms with Gasteiger partial charge in [-0.1, -0.05) is 0 Å². The molecule has 0 atom stereocenters. The zero-order valence-corrected chi connectivity index (χ0v) is 11.0. The Balaban J connectivity index is 2.08. The fourth-order valence-electron chi connectivity index (χ4n) is 1.63. The molecular formula is C13H11F3N2OS. The topological polar surface area (TPSA) is 55.1 Å². The molecule has 0 saturated carbocycles. The van der Waals surface area contributed by atoms with Gasteiger partial charge in [-0.25, -0.2) is 0 Å². The Labute approximate surface area is 117 Å². The van der Waals surface area contributed by atoms with E-state index in [1.54, 1.807) is 6.07 Å². The fraction of sp³-hybridized carbons (Fsp3) is 0.154. The van der Waals surface area contributed by atoms with E-state index in [4.69, 9.17) is 5.73 Å². The number of nitrogen functional groups attached to an aromatic ring is 1.